The molecule has 0 unspecified atom stereocenters. The highest BCUT2D eigenvalue weighted by Gasteiger charge is 2.09. The van der Waals surface area contributed by atoms with Crippen molar-refractivity contribution in [3.05, 3.63) is 52.0 Å². The largest absolute Gasteiger partial charge is 0.482 e. The quantitative estimate of drug-likeness (QED) is 0.939. The number of para-hydroxylation sites is 1. The normalized spacial score (nSPS) is 10.2. The highest BCUT2D eigenvalue weighted by molar-refractivity contribution is 6.37. The second-order valence-electron chi connectivity index (χ2n) is 3.53. The second kappa shape index (κ2) is 5.86. The lowest BCUT2D eigenvalue weighted by atomic mass is 10.3. The molecule has 1 aromatic carbocycles. The van der Waals surface area contributed by atoms with Crippen LogP contribution in [0.4, 0.5) is 0 Å². The molecule has 0 atom stereocenters. The number of benzene rings is 1. The summed E-state index contributed by atoms with van der Waals surface area (Å²) >= 11 is 11.9. The van der Waals surface area contributed by atoms with E-state index in [9.17, 15) is 4.79 Å². The summed E-state index contributed by atoms with van der Waals surface area (Å²) < 4.78 is 5.42. The van der Waals surface area contributed by atoms with E-state index in [0.717, 1.165) is 0 Å². The monoisotopic (exact) mass is 298 g/mol. The van der Waals surface area contributed by atoms with Crippen LogP contribution < -0.4 is 4.74 Å². The van der Waals surface area contributed by atoms with Crippen LogP contribution >= 0.6 is 23.2 Å². The summed E-state index contributed by atoms with van der Waals surface area (Å²) in [7, 11) is 0. The van der Waals surface area contributed by atoms with Crippen molar-refractivity contribution in [2.24, 2.45) is 0 Å². The van der Waals surface area contributed by atoms with Gasteiger partial charge in [-0.15, -0.1) is 0 Å². The average Bonchev–Trinajstić information content (AvgIpc) is 2.38. The van der Waals surface area contributed by atoms with Crippen LogP contribution in [0.3, 0.4) is 0 Å². The summed E-state index contributed by atoms with van der Waals surface area (Å²) in [5.74, 6) is -0.403. The Labute approximate surface area is 118 Å². The number of aromatic carboxylic acids is 1. The standard InChI is InChI=1S/C12H8Cl2N2O3/c13-8-2-1-3-9(14)11(8)19-6-10-15-4-7(5-16-10)12(17)18/h1-5H,6H2,(H,17,18). The Balaban J connectivity index is 2.08. The minimum Gasteiger partial charge on any atom is -0.482 e. The fourth-order valence-electron chi connectivity index (χ4n) is 1.30. The molecule has 98 valence electrons. The molecule has 0 aliphatic heterocycles. The smallest absolute Gasteiger partial charge is 0.338 e. The van der Waals surface area contributed by atoms with Gasteiger partial charge in [0.2, 0.25) is 0 Å². The van der Waals surface area contributed by atoms with E-state index in [1.165, 1.54) is 12.4 Å². The minimum atomic E-state index is -1.08. The molecule has 0 saturated carbocycles. The number of hydrogen-bond acceptors (Lipinski definition) is 4. The van der Waals surface area contributed by atoms with E-state index in [0.29, 0.717) is 21.6 Å². The van der Waals surface area contributed by atoms with Crippen molar-refractivity contribution in [3.63, 3.8) is 0 Å². The van der Waals surface area contributed by atoms with Gasteiger partial charge in [0.05, 0.1) is 15.6 Å². The Kier molecular flexibility index (Phi) is 4.19. The van der Waals surface area contributed by atoms with Gasteiger partial charge in [-0.2, -0.15) is 0 Å². The second-order valence-corrected chi connectivity index (χ2v) is 4.35. The highest BCUT2D eigenvalue weighted by atomic mass is 35.5. The molecule has 0 aliphatic rings. The molecule has 0 bridgehead atoms. The predicted octanol–water partition coefficient (Wildman–Crippen LogP) is 3.06. The number of rotatable bonds is 4. The van der Waals surface area contributed by atoms with Crippen molar-refractivity contribution in [1.29, 1.82) is 0 Å². The lowest BCUT2D eigenvalue weighted by molar-refractivity contribution is 0.0695. The number of carboxylic acids is 1. The van der Waals surface area contributed by atoms with E-state index in [2.05, 4.69) is 9.97 Å². The SMILES string of the molecule is O=C(O)c1cnc(COc2c(Cl)cccc2Cl)nc1. The molecule has 5 nitrogen and oxygen atoms in total. The lowest BCUT2D eigenvalue weighted by Crippen LogP contribution is -2.05. The average molecular weight is 299 g/mol. The third-order valence-corrected chi connectivity index (χ3v) is 2.81. The zero-order valence-corrected chi connectivity index (χ0v) is 11.0. The van der Waals surface area contributed by atoms with Gasteiger partial charge in [-0.25, -0.2) is 14.8 Å². The Morgan fingerprint density at radius 3 is 2.32 bits per heavy atom. The van der Waals surface area contributed by atoms with Crippen LogP contribution in [0.2, 0.25) is 10.0 Å². The van der Waals surface area contributed by atoms with E-state index in [-0.39, 0.29) is 12.2 Å². The molecule has 19 heavy (non-hydrogen) atoms. The Bertz CT molecular complexity index is 582. The molecular formula is C12H8Cl2N2O3. The maximum absolute atomic E-state index is 10.6. The summed E-state index contributed by atoms with van der Waals surface area (Å²) in [6.45, 7) is 0.0450. The Morgan fingerprint density at radius 2 is 1.79 bits per heavy atom. The van der Waals surface area contributed by atoms with Crippen LogP contribution in [0.5, 0.6) is 5.75 Å². The first-order chi connectivity index (χ1) is 9.08. The molecular weight excluding hydrogens is 291 g/mol. The van der Waals surface area contributed by atoms with Crippen molar-refractivity contribution in [3.8, 4) is 5.75 Å². The van der Waals surface area contributed by atoms with E-state index in [4.69, 9.17) is 33.0 Å². The first-order valence-corrected chi connectivity index (χ1v) is 5.94. The van der Waals surface area contributed by atoms with Crippen LogP contribution in [0.15, 0.2) is 30.6 Å². The van der Waals surface area contributed by atoms with Gasteiger partial charge in [-0.3, -0.25) is 0 Å². The predicted molar refractivity (Wildman–Crippen MR) is 69.8 cm³/mol. The summed E-state index contributed by atoms with van der Waals surface area (Å²) in [5.41, 5.74) is 0.0134. The molecule has 2 rings (SSSR count). The van der Waals surface area contributed by atoms with Crippen molar-refractivity contribution < 1.29 is 14.6 Å². The van der Waals surface area contributed by atoms with E-state index in [1.807, 2.05) is 0 Å². The fraction of sp³-hybridized carbons (Fsp3) is 0.0833. The van der Waals surface area contributed by atoms with Crippen molar-refractivity contribution >= 4 is 29.2 Å². The molecule has 0 radical (unpaired) electrons. The number of ether oxygens (including phenoxy) is 1. The lowest BCUT2D eigenvalue weighted by Gasteiger charge is -2.08. The molecule has 0 saturated heterocycles. The maximum Gasteiger partial charge on any atom is 0.338 e. The number of nitrogens with zero attached hydrogens (tertiary/aromatic N) is 2. The molecule has 1 aromatic heterocycles. The topological polar surface area (TPSA) is 72.3 Å². The molecule has 2 aromatic rings. The van der Waals surface area contributed by atoms with Crippen molar-refractivity contribution in [2.75, 3.05) is 0 Å². The van der Waals surface area contributed by atoms with Gasteiger partial charge in [-0.05, 0) is 12.1 Å². The number of aromatic nitrogens is 2. The first-order valence-electron chi connectivity index (χ1n) is 5.19. The highest BCUT2D eigenvalue weighted by Crippen LogP contribution is 2.32. The van der Waals surface area contributed by atoms with Gasteiger partial charge in [-0.1, -0.05) is 29.3 Å². The first kappa shape index (κ1) is 13.6. The van der Waals surface area contributed by atoms with Crippen LogP contribution in [0.25, 0.3) is 0 Å². The van der Waals surface area contributed by atoms with Gasteiger partial charge in [0.1, 0.15) is 6.61 Å². The number of carboxylic acid groups (broad SMARTS) is 1. The number of hydrogen-bond donors (Lipinski definition) is 1. The van der Waals surface area contributed by atoms with Gasteiger partial charge in [0, 0.05) is 12.4 Å². The van der Waals surface area contributed by atoms with E-state index >= 15 is 0 Å². The maximum atomic E-state index is 10.6. The molecule has 0 fully saturated rings. The summed E-state index contributed by atoms with van der Waals surface area (Å²) in [4.78, 5) is 18.4. The molecule has 1 heterocycles. The van der Waals surface area contributed by atoms with E-state index in [1.54, 1.807) is 18.2 Å². The van der Waals surface area contributed by atoms with Crippen LogP contribution in [0, 0.1) is 0 Å². The van der Waals surface area contributed by atoms with Crippen LogP contribution in [-0.4, -0.2) is 21.0 Å². The zero-order valence-electron chi connectivity index (χ0n) is 9.51. The molecule has 0 amide bonds. The molecule has 7 heteroatoms. The van der Waals surface area contributed by atoms with Crippen LogP contribution in [0.1, 0.15) is 16.2 Å². The minimum absolute atomic E-state index is 0.0134. The third kappa shape index (κ3) is 3.33. The van der Waals surface area contributed by atoms with E-state index < -0.39 is 5.97 Å². The third-order valence-electron chi connectivity index (χ3n) is 2.22. The number of carbonyl (C=O) groups is 1. The van der Waals surface area contributed by atoms with Gasteiger partial charge < -0.3 is 9.84 Å². The summed E-state index contributed by atoms with van der Waals surface area (Å²) in [5, 5.41) is 9.48. The van der Waals surface area contributed by atoms with Crippen molar-refractivity contribution in [2.45, 2.75) is 6.61 Å². The number of halogens is 2. The zero-order chi connectivity index (χ0) is 13.8. The molecule has 0 spiro atoms. The fourth-order valence-corrected chi connectivity index (χ4v) is 1.80. The molecule has 1 N–H and O–H groups in total. The Morgan fingerprint density at radius 1 is 1.21 bits per heavy atom. The van der Waals surface area contributed by atoms with Gasteiger partial charge in [0.15, 0.2) is 11.6 Å². The summed E-state index contributed by atoms with van der Waals surface area (Å²) in [6.07, 6.45) is 2.42. The van der Waals surface area contributed by atoms with Gasteiger partial charge in [0.25, 0.3) is 0 Å². The summed E-state index contributed by atoms with van der Waals surface area (Å²) in [6, 6.07) is 5.00. The Hall–Kier alpha value is -1.85. The van der Waals surface area contributed by atoms with Crippen molar-refractivity contribution in [1.82, 2.24) is 9.97 Å². The molecule has 0 aliphatic carbocycles. The van der Waals surface area contributed by atoms with Crippen LogP contribution in [-0.2, 0) is 6.61 Å². The van der Waals surface area contributed by atoms with Gasteiger partial charge >= 0.3 is 5.97 Å².